The Morgan fingerprint density at radius 3 is 2.11 bits per heavy atom. The summed E-state index contributed by atoms with van der Waals surface area (Å²) in [5, 5.41) is 0. The van der Waals surface area contributed by atoms with Crippen LogP contribution in [0.15, 0.2) is 0 Å². The molecule has 0 N–H and O–H groups in total. The van der Waals surface area contributed by atoms with Crippen molar-refractivity contribution in [1.29, 1.82) is 0 Å². The molecule has 1 saturated carbocycles. The van der Waals surface area contributed by atoms with Crippen molar-refractivity contribution >= 4 is 21.7 Å². The van der Waals surface area contributed by atoms with Crippen molar-refractivity contribution in [2.45, 2.75) is 76.4 Å². The summed E-state index contributed by atoms with van der Waals surface area (Å²) in [5.74, 6) is 0.505. The van der Waals surface area contributed by atoms with Crippen LogP contribution in [0, 0.1) is 0 Å². The number of amides is 2. The number of nitrogens with zero attached hydrogens (tertiary/aromatic N) is 3. The van der Waals surface area contributed by atoms with Crippen molar-refractivity contribution < 1.29 is 18.0 Å². The van der Waals surface area contributed by atoms with E-state index in [1.165, 1.54) is 6.42 Å². The van der Waals surface area contributed by atoms with Crippen LogP contribution in [0.1, 0.15) is 58.3 Å². The lowest BCUT2D eigenvalue weighted by Crippen LogP contribution is -2.53. The second-order valence-electron chi connectivity index (χ2n) is 8.79. The summed E-state index contributed by atoms with van der Waals surface area (Å²) in [7, 11) is -1.17. The summed E-state index contributed by atoms with van der Waals surface area (Å²) in [6, 6.07) is 0.293. The average Bonchev–Trinajstić information content (AvgIpc) is 3.02. The van der Waals surface area contributed by atoms with Crippen molar-refractivity contribution in [3.8, 4) is 0 Å². The molecule has 2 heterocycles. The standard InChI is InChI=1S/C20H35N3O4S/c1-16(24)21(2)17-8-11-22(12-9-17)14-20(25)23(18-6-4-3-5-7-18)19-10-13-28(26,27)15-19/h17-19H,3-15H2,1-2H3. The van der Waals surface area contributed by atoms with Crippen LogP contribution in [-0.2, 0) is 19.4 Å². The van der Waals surface area contributed by atoms with Crippen LogP contribution in [0.4, 0.5) is 0 Å². The lowest BCUT2D eigenvalue weighted by Gasteiger charge is -2.41. The molecule has 2 saturated heterocycles. The Hall–Kier alpha value is -1.15. The Bertz CT molecular complexity index is 667. The molecule has 1 unspecified atom stereocenters. The lowest BCUT2D eigenvalue weighted by atomic mass is 9.92. The highest BCUT2D eigenvalue weighted by atomic mass is 32.2. The van der Waals surface area contributed by atoms with Gasteiger partial charge in [0.2, 0.25) is 11.8 Å². The molecule has 1 atom stereocenters. The Morgan fingerprint density at radius 1 is 0.929 bits per heavy atom. The molecule has 160 valence electrons. The highest BCUT2D eigenvalue weighted by Gasteiger charge is 2.39. The van der Waals surface area contributed by atoms with Gasteiger partial charge in [-0.15, -0.1) is 0 Å². The largest absolute Gasteiger partial charge is 0.343 e. The predicted molar refractivity (Wildman–Crippen MR) is 109 cm³/mol. The van der Waals surface area contributed by atoms with Crippen molar-refractivity contribution in [2.75, 3.05) is 38.2 Å². The van der Waals surface area contributed by atoms with Gasteiger partial charge in [0.1, 0.15) is 0 Å². The Morgan fingerprint density at radius 2 is 1.57 bits per heavy atom. The molecule has 0 aromatic rings. The molecule has 3 aliphatic rings. The third kappa shape index (κ3) is 5.26. The van der Waals surface area contributed by atoms with Crippen molar-refractivity contribution in [3.63, 3.8) is 0 Å². The first-order valence-corrected chi connectivity index (χ1v) is 12.6. The van der Waals surface area contributed by atoms with Gasteiger partial charge >= 0.3 is 0 Å². The highest BCUT2D eigenvalue weighted by molar-refractivity contribution is 7.91. The molecule has 3 rings (SSSR count). The summed E-state index contributed by atoms with van der Waals surface area (Å²) in [6.07, 6.45) is 7.78. The molecule has 0 aromatic carbocycles. The van der Waals surface area contributed by atoms with Crippen LogP contribution in [-0.4, -0.2) is 91.2 Å². The third-order valence-corrected chi connectivity index (χ3v) is 8.57. The van der Waals surface area contributed by atoms with Crippen LogP contribution in [0.2, 0.25) is 0 Å². The third-order valence-electron chi connectivity index (χ3n) is 6.82. The molecule has 2 amide bonds. The van der Waals surface area contributed by atoms with Gasteiger partial charge in [0.05, 0.1) is 18.1 Å². The monoisotopic (exact) mass is 413 g/mol. The Kier molecular flexibility index (Phi) is 7.02. The zero-order chi connectivity index (χ0) is 20.3. The van der Waals surface area contributed by atoms with E-state index in [4.69, 9.17) is 0 Å². The first kappa shape index (κ1) is 21.6. The van der Waals surface area contributed by atoms with Crippen LogP contribution in [0.5, 0.6) is 0 Å². The minimum atomic E-state index is -3.02. The number of piperidine rings is 1. The van der Waals surface area contributed by atoms with Gasteiger partial charge in [-0.25, -0.2) is 8.42 Å². The summed E-state index contributed by atoms with van der Waals surface area (Å²) in [5.41, 5.74) is 0. The quantitative estimate of drug-likeness (QED) is 0.678. The van der Waals surface area contributed by atoms with Gasteiger partial charge in [-0.05, 0) is 32.1 Å². The molecule has 8 heteroatoms. The minimum absolute atomic E-state index is 0.0837. The smallest absolute Gasteiger partial charge is 0.237 e. The molecule has 7 nitrogen and oxygen atoms in total. The maximum atomic E-state index is 13.3. The van der Waals surface area contributed by atoms with E-state index < -0.39 is 9.84 Å². The molecule has 1 aliphatic carbocycles. The number of hydrogen-bond donors (Lipinski definition) is 0. The Balaban J connectivity index is 1.61. The van der Waals surface area contributed by atoms with E-state index in [9.17, 15) is 18.0 Å². The van der Waals surface area contributed by atoms with E-state index in [0.29, 0.717) is 13.0 Å². The van der Waals surface area contributed by atoms with Gasteiger partial charge in [0, 0.05) is 45.2 Å². The molecule has 0 radical (unpaired) electrons. The van der Waals surface area contributed by atoms with Gasteiger partial charge < -0.3 is 9.80 Å². The first-order chi connectivity index (χ1) is 13.3. The van der Waals surface area contributed by atoms with E-state index in [1.54, 1.807) is 11.8 Å². The summed E-state index contributed by atoms with van der Waals surface area (Å²) in [6.45, 7) is 3.56. The molecule has 3 fully saturated rings. The average molecular weight is 414 g/mol. The number of carbonyl (C=O) groups excluding carboxylic acids is 2. The molecule has 0 aromatic heterocycles. The molecule has 28 heavy (non-hydrogen) atoms. The maximum absolute atomic E-state index is 13.3. The Labute approximate surface area is 169 Å². The molecule has 0 bridgehead atoms. The fraction of sp³-hybridized carbons (Fsp3) is 0.900. The number of rotatable bonds is 5. The number of likely N-dealkylation sites (tertiary alicyclic amines) is 1. The maximum Gasteiger partial charge on any atom is 0.237 e. The molecular weight excluding hydrogens is 378 g/mol. The van der Waals surface area contributed by atoms with E-state index in [0.717, 1.165) is 51.6 Å². The van der Waals surface area contributed by atoms with Gasteiger partial charge in [0.15, 0.2) is 9.84 Å². The minimum Gasteiger partial charge on any atom is -0.343 e. The second kappa shape index (κ2) is 9.11. The van der Waals surface area contributed by atoms with Crippen molar-refractivity contribution in [1.82, 2.24) is 14.7 Å². The number of hydrogen-bond acceptors (Lipinski definition) is 5. The molecule has 2 aliphatic heterocycles. The van der Waals surface area contributed by atoms with Crippen LogP contribution < -0.4 is 0 Å². The van der Waals surface area contributed by atoms with Crippen LogP contribution >= 0.6 is 0 Å². The fourth-order valence-corrected chi connectivity index (χ4v) is 6.77. The zero-order valence-electron chi connectivity index (χ0n) is 17.3. The fourth-order valence-electron chi connectivity index (χ4n) is 5.05. The van der Waals surface area contributed by atoms with E-state index in [1.807, 2.05) is 11.9 Å². The van der Waals surface area contributed by atoms with E-state index >= 15 is 0 Å². The summed E-state index contributed by atoms with van der Waals surface area (Å²) in [4.78, 5) is 30.8. The highest BCUT2D eigenvalue weighted by Crippen LogP contribution is 2.29. The number of carbonyl (C=O) groups is 2. The van der Waals surface area contributed by atoms with Crippen molar-refractivity contribution in [3.05, 3.63) is 0 Å². The van der Waals surface area contributed by atoms with Crippen LogP contribution in [0.3, 0.4) is 0 Å². The number of sulfone groups is 1. The van der Waals surface area contributed by atoms with Crippen LogP contribution in [0.25, 0.3) is 0 Å². The summed E-state index contributed by atoms with van der Waals surface area (Å²) >= 11 is 0. The normalized spacial score (nSPS) is 26.9. The van der Waals surface area contributed by atoms with Gasteiger partial charge in [0.25, 0.3) is 0 Å². The summed E-state index contributed by atoms with van der Waals surface area (Å²) < 4.78 is 24.0. The van der Waals surface area contributed by atoms with Crippen molar-refractivity contribution in [2.24, 2.45) is 0 Å². The topological polar surface area (TPSA) is 78.0 Å². The van der Waals surface area contributed by atoms with E-state index in [-0.39, 0.29) is 41.4 Å². The second-order valence-corrected chi connectivity index (χ2v) is 11.0. The molecular formula is C20H35N3O4S. The van der Waals surface area contributed by atoms with Gasteiger partial charge in [-0.1, -0.05) is 19.3 Å². The first-order valence-electron chi connectivity index (χ1n) is 10.7. The van der Waals surface area contributed by atoms with Gasteiger partial charge in [-0.2, -0.15) is 0 Å². The van der Waals surface area contributed by atoms with E-state index in [2.05, 4.69) is 4.90 Å². The molecule has 0 spiro atoms. The zero-order valence-corrected chi connectivity index (χ0v) is 18.1. The SMILES string of the molecule is CC(=O)N(C)C1CCN(CC(=O)N(C2CCCCC2)C2CCS(=O)(=O)C2)CC1. The van der Waals surface area contributed by atoms with Gasteiger partial charge in [-0.3, -0.25) is 14.5 Å². The lowest BCUT2D eigenvalue weighted by molar-refractivity contribution is -0.139. The predicted octanol–water partition coefficient (Wildman–Crippen LogP) is 1.28.